The van der Waals surface area contributed by atoms with E-state index in [1.165, 1.54) is 62.0 Å². The molecule has 0 aliphatic carbocycles. The van der Waals surface area contributed by atoms with Crippen LogP contribution in [0.4, 0.5) is 5.69 Å². The molecule has 0 radical (unpaired) electrons. The van der Waals surface area contributed by atoms with Crippen LogP contribution < -0.4 is 5.32 Å². The van der Waals surface area contributed by atoms with Gasteiger partial charge < -0.3 is 5.32 Å². The maximum Gasteiger partial charge on any atom is 0.0419 e. The van der Waals surface area contributed by atoms with Crippen molar-refractivity contribution >= 4 is 18.1 Å². The first-order valence-electron chi connectivity index (χ1n) is 7.00. The Morgan fingerprint density at radius 3 is 2.61 bits per heavy atom. The first-order valence-corrected chi connectivity index (χ1v) is 7.00. The number of para-hydroxylation sites is 1. The number of rotatable bonds is 2. The molecule has 18 heavy (non-hydrogen) atoms. The molecule has 1 N–H and O–H groups in total. The third-order valence-corrected chi connectivity index (χ3v) is 4.03. The monoisotopic (exact) mass is 266 g/mol. The van der Waals surface area contributed by atoms with Crippen molar-refractivity contribution in [3.63, 3.8) is 0 Å². The van der Waals surface area contributed by atoms with Gasteiger partial charge in [-0.05, 0) is 43.5 Å². The number of likely N-dealkylation sites (tertiary alicyclic amines) is 1. The van der Waals surface area contributed by atoms with Gasteiger partial charge in [-0.25, -0.2) is 0 Å². The highest BCUT2D eigenvalue weighted by molar-refractivity contribution is 5.85. The van der Waals surface area contributed by atoms with Crippen molar-refractivity contribution < 1.29 is 0 Å². The van der Waals surface area contributed by atoms with Gasteiger partial charge in [-0.2, -0.15) is 0 Å². The molecule has 2 aliphatic heterocycles. The highest BCUT2D eigenvalue weighted by Crippen LogP contribution is 2.27. The van der Waals surface area contributed by atoms with Crippen LogP contribution in [0.2, 0.25) is 0 Å². The Labute approximate surface area is 116 Å². The molecule has 0 unspecified atom stereocenters. The van der Waals surface area contributed by atoms with Crippen molar-refractivity contribution in [1.29, 1.82) is 0 Å². The van der Waals surface area contributed by atoms with Crippen LogP contribution in [0.1, 0.15) is 36.8 Å². The Morgan fingerprint density at radius 2 is 1.83 bits per heavy atom. The molecule has 3 rings (SSSR count). The predicted octanol–water partition coefficient (Wildman–Crippen LogP) is 3.45. The number of nitrogens with one attached hydrogen (secondary N) is 1. The summed E-state index contributed by atoms with van der Waals surface area (Å²) in [5.41, 5.74) is 4.44. The number of fused-ring (bicyclic) bond motifs is 1. The molecule has 0 saturated carbocycles. The fourth-order valence-electron chi connectivity index (χ4n) is 3.08. The molecule has 1 aromatic rings. The molecule has 100 valence electrons. The van der Waals surface area contributed by atoms with Gasteiger partial charge in [-0.3, -0.25) is 4.90 Å². The minimum Gasteiger partial charge on any atom is -0.384 e. The number of anilines is 1. The number of nitrogens with zero attached hydrogens (tertiary/aromatic N) is 1. The lowest BCUT2D eigenvalue weighted by atomic mass is 10.1. The summed E-state index contributed by atoms with van der Waals surface area (Å²) < 4.78 is 0. The van der Waals surface area contributed by atoms with E-state index in [1.54, 1.807) is 0 Å². The van der Waals surface area contributed by atoms with Crippen LogP contribution in [0.15, 0.2) is 18.2 Å². The van der Waals surface area contributed by atoms with Crippen LogP contribution in [-0.4, -0.2) is 24.5 Å². The number of hydrogen-bond donors (Lipinski definition) is 1. The van der Waals surface area contributed by atoms with Crippen molar-refractivity contribution in [3.8, 4) is 0 Å². The lowest BCUT2D eigenvalue weighted by Crippen LogP contribution is -2.24. The summed E-state index contributed by atoms with van der Waals surface area (Å²) in [6, 6.07) is 6.78. The normalized spacial score (nSPS) is 19.6. The van der Waals surface area contributed by atoms with Gasteiger partial charge in [-0.1, -0.05) is 31.0 Å². The molecule has 2 nitrogen and oxygen atoms in total. The van der Waals surface area contributed by atoms with E-state index in [4.69, 9.17) is 0 Å². The molecule has 0 atom stereocenters. The van der Waals surface area contributed by atoms with Gasteiger partial charge in [0.2, 0.25) is 0 Å². The van der Waals surface area contributed by atoms with Crippen LogP contribution in [0, 0.1) is 0 Å². The molecular weight excluding hydrogens is 244 g/mol. The first-order chi connectivity index (χ1) is 8.43. The quantitative estimate of drug-likeness (QED) is 0.882. The van der Waals surface area contributed by atoms with E-state index >= 15 is 0 Å². The average Bonchev–Trinajstić information content (AvgIpc) is 2.69. The Morgan fingerprint density at radius 1 is 1.06 bits per heavy atom. The Hall–Kier alpha value is -0.730. The smallest absolute Gasteiger partial charge is 0.0419 e. The zero-order chi connectivity index (χ0) is 11.5. The summed E-state index contributed by atoms with van der Waals surface area (Å²) in [5, 5.41) is 3.55. The lowest BCUT2D eigenvalue weighted by molar-refractivity contribution is 0.277. The van der Waals surface area contributed by atoms with Crippen molar-refractivity contribution in [3.05, 3.63) is 29.3 Å². The van der Waals surface area contributed by atoms with Gasteiger partial charge in [-0.15, -0.1) is 12.4 Å². The third-order valence-electron chi connectivity index (χ3n) is 4.03. The van der Waals surface area contributed by atoms with Crippen LogP contribution in [0.3, 0.4) is 0 Å². The highest BCUT2D eigenvalue weighted by Gasteiger charge is 2.16. The first kappa shape index (κ1) is 13.7. The number of hydrogen-bond acceptors (Lipinski definition) is 2. The fraction of sp³-hybridized carbons (Fsp3) is 0.600. The second kappa shape index (κ2) is 6.44. The highest BCUT2D eigenvalue weighted by atomic mass is 35.5. The molecule has 0 bridgehead atoms. The molecule has 2 aliphatic rings. The fourth-order valence-corrected chi connectivity index (χ4v) is 3.08. The lowest BCUT2D eigenvalue weighted by Gasteiger charge is -2.21. The van der Waals surface area contributed by atoms with E-state index in [0.29, 0.717) is 0 Å². The van der Waals surface area contributed by atoms with Crippen molar-refractivity contribution in [2.75, 3.05) is 25.0 Å². The van der Waals surface area contributed by atoms with E-state index in [2.05, 4.69) is 28.4 Å². The summed E-state index contributed by atoms with van der Waals surface area (Å²) in [6.45, 7) is 4.82. The molecule has 1 saturated heterocycles. The summed E-state index contributed by atoms with van der Waals surface area (Å²) in [4.78, 5) is 2.63. The summed E-state index contributed by atoms with van der Waals surface area (Å²) in [5.74, 6) is 0. The van der Waals surface area contributed by atoms with E-state index in [1.807, 2.05) is 0 Å². The second-order valence-electron chi connectivity index (χ2n) is 5.32. The van der Waals surface area contributed by atoms with Gasteiger partial charge in [0, 0.05) is 18.8 Å². The van der Waals surface area contributed by atoms with E-state index in [0.717, 1.165) is 13.1 Å². The Kier molecular flexibility index (Phi) is 4.90. The van der Waals surface area contributed by atoms with Gasteiger partial charge >= 0.3 is 0 Å². The Balaban J connectivity index is 0.00000120. The number of halogens is 1. The zero-order valence-electron chi connectivity index (χ0n) is 11.0. The third kappa shape index (κ3) is 2.99. The molecule has 3 heteroatoms. The van der Waals surface area contributed by atoms with Crippen molar-refractivity contribution in [1.82, 2.24) is 4.90 Å². The summed E-state index contributed by atoms with van der Waals surface area (Å²) >= 11 is 0. The Bertz CT molecular complexity index is 384. The minimum atomic E-state index is 0. The molecule has 0 spiro atoms. The van der Waals surface area contributed by atoms with E-state index < -0.39 is 0 Å². The van der Waals surface area contributed by atoms with Gasteiger partial charge in [0.25, 0.3) is 0 Å². The average molecular weight is 267 g/mol. The topological polar surface area (TPSA) is 15.3 Å². The predicted molar refractivity (Wildman–Crippen MR) is 79.6 cm³/mol. The minimum absolute atomic E-state index is 0. The van der Waals surface area contributed by atoms with Crippen molar-refractivity contribution in [2.24, 2.45) is 0 Å². The maximum atomic E-state index is 3.55. The van der Waals surface area contributed by atoms with E-state index in [-0.39, 0.29) is 12.4 Å². The van der Waals surface area contributed by atoms with Gasteiger partial charge in [0.15, 0.2) is 0 Å². The molecule has 2 heterocycles. The van der Waals surface area contributed by atoms with Crippen molar-refractivity contribution in [2.45, 2.75) is 38.6 Å². The standard InChI is InChI=1S/C15H22N2.ClH/c1-2-4-11-17(10-3-1)12-14-7-5-6-13-8-9-16-15(13)14;/h5-7,16H,1-4,8-12H2;1H. The van der Waals surface area contributed by atoms with Gasteiger partial charge in [0.1, 0.15) is 0 Å². The van der Waals surface area contributed by atoms with Crippen LogP contribution >= 0.6 is 12.4 Å². The second-order valence-corrected chi connectivity index (χ2v) is 5.32. The van der Waals surface area contributed by atoms with Crippen LogP contribution in [-0.2, 0) is 13.0 Å². The molecule has 1 fully saturated rings. The molecular formula is C15H23ClN2. The largest absolute Gasteiger partial charge is 0.384 e. The molecule has 1 aromatic carbocycles. The SMILES string of the molecule is Cl.c1cc2c(c(CN3CCCCCC3)c1)NCC2. The van der Waals surface area contributed by atoms with Crippen LogP contribution in [0.5, 0.6) is 0 Å². The number of benzene rings is 1. The summed E-state index contributed by atoms with van der Waals surface area (Å²) in [7, 11) is 0. The summed E-state index contributed by atoms with van der Waals surface area (Å²) in [6.07, 6.45) is 6.79. The zero-order valence-corrected chi connectivity index (χ0v) is 11.8. The molecule has 0 aromatic heterocycles. The molecule has 0 amide bonds. The van der Waals surface area contributed by atoms with E-state index in [9.17, 15) is 0 Å². The van der Waals surface area contributed by atoms with Crippen LogP contribution in [0.25, 0.3) is 0 Å². The van der Waals surface area contributed by atoms with Gasteiger partial charge in [0.05, 0.1) is 0 Å². The maximum absolute atomic E-state index is 3.55.